The molecule has 5 heteroatoms. The molecule has 0 atom stereocenters. The van der Waals surface area contributed by atoms with Gasteiger partial charge in [0, 0.05) is 14.7 Å². The van der Waals surface area contributed by atoms with Crippen LogP contribution in [0.2, 0.25) is 0 Å². The maximum Gasteiger partial charge on any atom is 0.209 e. The molecule has 0 unspecified atom stereocenters. The normalized spacial score (nSPS) is 10.2. The molecule has 2 N–H and O–H groups in total. The molecule has 2 rings (SSSR count). The van der Waals surface area contributed by atoms with Crippen LogP contribution in [0.25, 0.3) is 10.4 Å². The monoisotopic (exact) mass is 282 g/mol. The third kappa shape index (κ3) is 1.66. The van der Waals surface area contributed by atoms with Gasteiger partial charge >= 0.3 is 0 Å². The summed E-state index contributed by atoms with van der Waals surface area (Å²) in [4.78, 5) is 0.983. The molecule has 3 nitrogen and oxygen atoms in total. The first-order valence-electron chi connectivity index (χ1n) is 4.17. The van der Waals surface area contributed by atoms with Crippen LogP contribution in [0.1, 0.15) is 11.3 Å². The van der Waals surface area contributed by atoms with Crippen molar-refractivity contribution in [3.8, 4) is 16.5 Å². The van der Waals surface area contributed by atoms with Crippen molar-refractivity contribution in [1.29, 1.82) is 5.26 Å². The largest absolute Gasteiger partial charge is 0.444 e. The Morgan fingerprint density at radius 3 is 2.87 bits per heavy atom. The fraction of sp³-hybridized carbons (Fsp3) is 0.100. The fourth-order valence-corrected chi connectivity index (χ4v) is 2.95. The average Bonchev–Trinajstić information content (AvgIpc) is 2.70. The van der Waals surface area contributed by atoms with E-state index in [0.717, 1.165) is 14.9 Å². The molecule has 0 fully saturated rings. The number of rotatable bonds is 1. The lowest BCUT2D eigenvalue weighted by Crippen LogP contribution is -1.84. The Labute approximate surface area is 99.3 Å². The van der Waals surface area contributed by atoms with E-state index in [-0.39, 0.29) is 5.88 Å². The minimum absolute atomic E-state index is 0.189. The van der Waals surface area contributed by atoms with Crippen LogP contribution in [0, 0.1) is 18.3 Å². The number of hydrogen-bond donors (Lipinski definition) is 1. The maximum atomic E-state index is 8.98. The van der Waals surface area contributed by atoms with Gasteiger partial charge in [0.25, 0.3) is 0 Å². The Balaban J connectivity index is 2.67. The van der Waals surface area contributed by atoms with Crippen LogP contribution in [-0.4, -0.2) is 0 Å². The molecule has 0 saturated carbocycles. The summed E-state index contributed by atoms with van der Waals surface area (Å²) in [5.74, 6) is 0.868. The van der Waals surface area contributed by atoms with E-state index in [1.165, 1.54) is 0 Å². The van der Waals surface area contributed by atoms with E-state index in [0.29, 0.717) is 11.3 Å². The van der Waals surface area contributed by atoms with Crippen molar-refractivity contribution in [3.63, 3.8) is 0 Å². The molecule has 76 valence electrons. The molecular weight excluding hydrogens is 276 g/mol. The van der Waals surface area contributed by atoms with Gasteiger partial charge in [0.1, 0.15) is 17.4 Å². The molecule has 0 aliphatic rings. The van der Waals surface area contributed by atoms with Crippen molar-refractivity contribution < 1.29 is 4.42 Å². The number of hydrogen-bond acceptors (Lipinski definition) is 4. The van der Waals surface area contributed by atoms with Gasteiger partial charge in [0.15, 0.2) is 0 Å². The Kier molecular flexibility index (Phi) is 2.55. The van der Waals surface area contributed by atoms with E-state index in [1.807, 2.05) is 11.4 Å². The van der Waals surface area contributed by atoms with Crippen LogP contribution in [-0.2, 0) is 0 Å². The van der Waals surface area contributed by atoms with Gasteiger partial charge in [0.2, 0.25) is 5.88 Å². The van der Waals surface area contributed by atoms with Crippen molar-refractivity contribution in [3.05, 3.63) is 27.2 Å². The standard InChI is InChI=1S/C10H7BrN2OS/c1-5-9(7(3-12)10(13)14-5)8-2-6(11)4-15-8/h2,4H,13H2,1H3. The number of furan rings is 1. The van der Waals surface area contributed by atoms with Gasteiger partial charge in [-0.25, -0.2) is 0 Å². The molecule has 0 saturated heterocycles. The summed E-state index contributed by atoms with van der Waals surface area (Å²) >= 11 is 4.92. The molecule has 0 aromatic carbocycles. The number of nitrogens with zero attached hydrogens (tertiary/aromatic N) is 1. The van der Waals surface area contributed by atoms with Crippen molar-refractivity contribution >= 4 is 33.2 Å². The Hall–Kier alpha value is -1.25. The number of halogens is 1. The molecule has 0 aliphatic carbocycles. The maximum absolute atomic E-state index is 8.98. The van der Waals surface area contributed by atoms with E-state index >= 15 is 0 Å². The Morgan fingerprint density at radius 1 is 1.60 bits per heavy atom. The zero-order valence-electron chi connectivity index (χ0n) is 7.87. The van der Waals surface area contributed by atoms with Crippen LogP contribution in [0.3, 0.4) is 0 Å². The highest BCUT2D eigenvalue weighted by atomic mass is 79.9. The van der Waals surface area contributed by atoms with Gasteiger partial charge < -0.3 is 10.2 Å². The molecule has 0 amide bonds. The predicted octanol–water partition coefficient (Wildman–Crippen LogP) is 3.53. The second-order valence-electron chi connectivity index (χ2n) is 3.01. The molecule has 0 spiro atoms. The number of nitrogens with two attached hydrogens (primary N) is 1. The molecular formula is C10H7BrN2OS. The van der Waals surface area contributed by atoms with Crippen LogP contribution in [0.15, 0.2) is 20.3 Å². The smallest absolute Gasteiger partial charge is 0.209 e. The number of aryl methyl sites for hydroxylation is 1. The van der Waals surface area contributed by atoms with Gasteiger partial charge in [-0.1, -0.05) is 0 Å². The molecule has 0 bridgehead atoms. The van der Waals surface area contributed by atoms with Crippen molar-refractivity contribution in [2.75, 3.05) is 5.73 Å². The lowest BCUT2D eigenvalue weighted by molar-refractivity contribution is 0.554. The molecule has 0 aliphatic heterocycles. The first-order chi connectivity index (χ1) is 7.13. The zero-order valence-corrected chi connectivity index (χ0v) is 10.3. The van der Waals surface area contributed by atoms with Gasteiger partial charge in [-0.05, 0) is 28.9 Å². The second-order valence-corrected chi connectivity index (χ2v) is 4.84. The number of thiophene rings is 1. The summed E-state index contributed by atoms with van der Waals surface area (Å²) in [7, 11) is 0. The van der Waals surface area contributed by atoms with Gasteiger partial charge in [-0.3, -0.25) is 0 Å². The Morgan fingerprint density at radius 2 is 2.33 bits per heavy atom. The summed E-state index contributed by atoms with van der Waals surface area (Å²) in [6.07, 6.45) is 0. The number of nitriles is 1. The molecule has 15 heavy (non-hydrogen) atoms. The van der Waals surface area contributed by atoms with Crippen LogP contribution in [0.4, 0.5) is 5.88 Å². The summed E-state index contributed by atoms with van der Waals surface area (Å²) < 4.78 is 6.24. The highest BCUT2D eigenvalue weighted by Crippen LogP contribution is 2.37. The average molecular weight is 283 g/mol. The van der Waals surface area contributed by atoms with E-state index in [1.54, 1.807) is 18.3 Å². The van der Waals surface area contributed by atoms with Gasteiger partial charge in [0.05, 0.1) is 5.56 Å². The lowest BCUT2D eigenvalue weighted by Gasteiger charge is -1.93. The third-order valence-corrected chi connectivity index (χ3v) is 3.75. The predicted molar refractivity (Wildman–Crippen MR) is 63.6 cm³/mol. The zero-order chi connectivity index (χ0) is 11.0. The summed E-state index contributed by atoms with van der Waals surface area (Å²) in [6, 6.07) is 4.01. The van der Waals surface area contributed by atoms with Gasteiger partial charge in [-0.2, -0.15) is 5.26 Å². The number of nitrogen functional groups attached to an aromatic ring is 1. The summed E-state index contributed by atoms with van der Waals surface area (Å²) in [5, 5.41) is 10.9. The van der Waals surface area contributed by atoms with Crippen LogP contribution in [0.5, 0.6) is 0 Å². The van der Waals surface area contributed by atoms with E-state index < -0.39 is 0 Å². The van der Waals surface area contributed by atoms with Gasteiger partial charge in [-0.15, -0.1) is 11.3 Å². The minimum atomic E-state index is 0.189. The summed E-state index contributed by atoms with van der Waals surface area (Å²) in [5.41, 5.74) is 6.82. The van der Waals surface area contributed by atoms with Crippen molar-refractivity contribution in [2.45, 2.75) is 6.92 Å². The highest BCUT2D eigenvalue weighted by molar-refractivity contribution is 9.10. The minimum Gasteiger partial charge on any atom is -0.444 e. The second kappa shape index (κ2) is 3.72. The Bertz CT molecular complexity index is 550. The first-order valence-corrected chi connectivity index (χ1v) is 5.84. The van der Waals surface area contributed by atoms with Crippen LogP contribution < -0.4 is 5.73 Å². The summed E-state index contributed by atoms with van der Waals surface area (Å²) in [6.45, 7) is 1.81. The van der Waals surface area contributed by atoms with E-state index in [4.69, 9.17) is 15.4 Å². The molecule has 0 radical (unpaired) electrons. The van der Waals surface area contributed by atoms with Crippen LogP contribution >= 0.6 is 27.3 Å². The molecule has 2 aromatic rings. The SMILES string of the molecule is Cc1oc(N)c(C#N)c1-c1cc(Br)cs1. The fourth-order valence-electron chi connectivity index (χ4n) is 1.42. The van der Waals surface area contributed by atoms with E-state index in [2.05, 4.69) is 22.0 Å². The topological polar surface area (TPSA) is 62.9 Å². The molecule has 2 aromatic heterocycles. The van der Waals surface area contributed by atoms with E-state index in [9.17, 15) is 0 Å². The molecule has 2 heterocycles. The first kappa shape index (κ1) is 10.3. The lowest BCUT2D eigenvalue weighted by atomic mass is 10.1. The highest BCUT2D eigenvalue weighted by Gasteiger charge is 2.18. The van der Waals surface area contributed by atoms with Crippen molar-refractivity contribution in [2.24, 2.45) is 0 Å². The number of anilines is 1. The quantitative estimate of drug-likeness (QED) is 0.870. The van der Waals surface area contributed by atoms with Crippen molar-refractivity contribution in [1.82, 2.24) is 0 Å². The third-order valence-electron chi connectivity index (χ3n) is 2.04.